The van der Waals surface area contributed by atoms with Crippen LogP contribution in [0.25, 0.3) is 0 Å². The summed E-state index contributed by atoms with van der Waals surface area (Å²) in [5.41, 5.74) is 0. The Hall–Kier alpha value is 1.49. The average molecular weight is 260 g/mol. The van der Waals surface area contributed by atoms with Gasteiger partial charge in [-0.25, -0.2) is 0 Å². The van der Waals surface area contributed by atoms with Gasteiger partial charge in [-0.1, -0.05) is 0 Å². The van der Waals surface area contributed by atoms with Crippen molar-refractivity contribution in [3.8, 4) is 0 Å². The molecule has 3 heteroatoms. The molecule has 0 bridgehead atoms. The summed E-state index contributed by atoms with van der Waals surface area (Å²) in [5, 5.41) is 16.1. The molecule has 0 rings (SSSR count). The molecule has 0 amide bonds. The molecule has 0 heterocycles. The molecule has 2 nitrogen and oxygen atoms in total. The van der Waals surface area contributed by atoms with Crippen LogP contribution in [-0.4, -0.2) is 71.3 Å². The normalized spacial score (nSPS) is 8.00. The van der Waals surface area contributed by atoms with Crippen molar-refractivity contribution >= 4 is 48.9 Å². The van der Waals surface area contributed by atoms with Crippen molar-refractivity contribution in [2.45, 2.75) is 39.9 Å². The molecule has 0 aliphatic carbocycles. The van der Waals surface area contributed by atoms with Crippen molar-refractivity contribution in [3.63, 3.8) is 0 Å². The number of hydrogen-bond donors (Lipinski definition) is 2. The number of rotatable bonds is 0. The van der Waals surface area contributed by atoms with E-state index in [1.54, 1.807) is 27.7 Å². The molecule has 2 N–H and O–H groups in total. The molecule has 0 radical (unpaired) electrons. The van der Waals surface area contributed by atoms with E-state index in [4.69, 9.17) is 10.2 Å². The molecule has 0 aromatic carbocycles. The fourth-order valence-electron chi connectivity index (χ4n) is 0. The summed E-state index contributed by atoms with van der Waals surface area (Å²) in [4.78, 5) is 0. The van der Waals surface area contributed by atoms with Gasteiger partial charge in [0, 0.05) is 12.2 Å². The average Bonchev–Trinajstić information content (AvgIpc) is 1.25. The van der Waals surface area contributed by atoms with Gasteiger partial charge < -0.3 is 10.2 Å². The number of aliphatic hydroxyl groups excluding tert-OH is 2. The molecule has 0 saturated heterocycles. The zero-order valence-corrected chi connectivity index (χ0v) is 6.05. The Kier molecular flexibility index (Phi) is 22.8. The van der Waals surface area contributed by atoms with Crippen LogP contribution < -0.4 is 0 Å². The van der Waals surface area contributed by atoms with Crippen LogP contribution in [0.3, 0.4) is 0 Å². The molecule has 0 aliphatic heterocycles. The fraction of sp³-hybridized carbons (Fsp3) is 1.00. The molecule has 0 fully saturated rings. The summed E-state index contributed by atoms with van der Waals surface area (Å²) in [7, 11) is 0. The zero-order chi connectivity index (χ0) is 7.15. The van der Waals surface area contributed by atoms with Gasteiger partial charge in [0.2, 0.25) is 0 Å². The Balaban J connectivity index is -0.0000000720. The SMILES string of the molecule is CC(C)O.CC(C)O.[BaH2]. The van der Waals surface area contributed by atoms with Crippen LogP contribution in [-0.2, 0) is 0 Å². The van der Waals surface area contributed by atoms with Crippen LogP contribution in [0, 0.1) is 0 Å². The van der Waals surface area contributed by atoms with Crippen molar-refractivity contribution in [3.05, 3.63) is 0 Å². The molecular weight excluding hydrogens is 241 g/mol. The van der Waals surface area contributed by atoms with Crippen molar-refractivity contribution < 1.29 is 10.2 Å². The molecule has 0 saturated carbocycles. The van der Waals surface area contributed by atoms with E-state index in [9.17, 15) is 0 Å². The second kappa shape index (κ2) is 12.2. The Labute approximate surface area is 97.7 Å². The third kappa shape index (κ3) is 239. The zero-order valence-electron chi connectivity index (χ0n) is 6.05. The van der Waals surface area contributed by atoms with Crippen LogP contribution in [0.2, 0.25) is 0 Å². The first-order valence-corrected chi connectivity index (χ1v) is 2.83. The maximum absolute atomic E-state index is 8.06. The van der Waals surface area contributed by atoms with Crippen molar-refractivity contribution in [1.29, 1.82) is 0 Å². The molecule has 0 atom stereocenters. The van der Waals surface area contributed by atoms with E-state index in [0.717, 1.165) is 0 Å². The third-order valence-electron chi connectivity index (χ3n) is 0. The number of aliphatic hydroxyl groups is 2. The topological polar surface area (TPSA) is 40.5 Å². The first-order chi connectivity index (χ1) is 3.46. The molecule has 0 aromatic rings. The predicted octanol–water partition coefficient (Wildman–Crippen LogP) is -0.142. The van der Waals surface area contributed by atoms with Gasteiger partial charge in [-0.2, -0.15) is 0 Å². The van der Waals surface area contributed by atoms with Crippen molar-refractivity contribution in [2.24, 2.45) is 0 Å². The fourth-order valence-corrected chi connectivity index (χ4v) is 0. The molecule has 56 valence electrons. The van der Waals surface area contributed by atoms with E-state index >= 15 is 0 Å². The molecule has 0 aliphatic rings. The summed E-state index contributed by atoms with van der Waals surface area (Å²) >= 11 is 0. The Morgan fingerprint density at radius 3 is 0.778 bits per heavy atom. The van der Waals surface area contributed by atoms with Gasteiger partial charge in [0.1, 0.15) is 0 Å². The summed E-state index contributed by atoms with van der Waals surface area (Å²) < 4.78 is 0. The molecule has 0 unspecified atom stereocenters. The summed E-state index contributed by atoms with van der Waals surface area (Å²) in [5.74, 6) is 0. The minimum absolute atomic E-state index is 0. The van der Waals surface area contributed by atoms with Gasteiger partial charge in [-0.05, 0) is 27.7 Å². The monoisotopic (exact) mass is 260 g/mol. The second-order valence-electron chi connectivity index (χ2n) is 2.19. The summed E-state index contributed by atoms with van der Waals surface area (Å²) in [6.45, 7) is 6.89. The Morgan fingerprint density at radius 2 is 0.778 bits per heavy atom. The van der Waals surface area contributed by atoms with Gasteiger partial charge in [-0.3, -0.25) is 0 Å². The van der Waals surface area contributed by atoms with Gasteiger partial charge in [-0.15, -0.1) is 0 Å². The van der Waals surface area contributed by atoms with Crippen LogP contribution >= 0.6 is 0 Å². The Morgan fingerprint density at radius 1 is 0.778 bits per heavy atom. The van der Waals surface area contributed by atoms with E-state index in [0.29, 0.717) is 0 Å². The van der Waals surface area contributed by atoms with Crippen LogP contribution in [0.4, 0.5) is 0 Å². The maximum atomic E-state index is 8.06. The van der Waals surface area contributed by atoms with Crippen LogP contribution in [0.1, 0.15) is 27.7 Å². The van der Waals surface area contributed by atoms with Crippen LogP contribution in [0.15, 0.2) is 0 Å². The third-order valence-corrected chi connectivity index (χ3v) is 0. The molecule has 0 spiro atoms. The van der Waals surface area contributed by atoms with E-state index in [1.807, 2.05) is 0 Å². The Bertz CT molecular complexity index is 26.5. The van der Waals surface area contributed by atoms with E-state index in [2.05, 4.69) is 0 Å². The second-order valence-corrected chi connectivity index (χ2v) is 2.19. The van der Waals surface area contributed by atoms with Crippen molar-refractivity contribution in [1.82, 2.24) is 0 Å². The van der Waals surface area contributed by atoms with Gasteiger partial charge >= 0.3 is 48.9 Å². The van der Waals surface area contributed by atoms with Gasteiger partial charge in [0.05, 0.1) is 0 Å². The predicted molar refractivity (Wildman–Crippen MR) is 43.3 cm³/mol. The van der Waals surface area contributed by atoms with Gasteiger partial charge in [0.15, 0.2) is 0 Å². The first-order valence-electron chi connectivity index (χ1n) is 2.83. The standard InChI is InChI=1S/2C3H8O.Ba.2H/c2*1-3(2)4;;;/h2*3-4H,1-2H3;;;. The molecule has 0 aromatic heterocycles. The van der Waals surface area contributed by atoms with Crippen molar-refractivity contribution in [2.75, 3.05) is 0 Å². The van der Waals surface area contributed by atoms with E-state index in [1.165, 1.54) is 0 Å². The number of hydrogen-bond acceptors (Lipinski definition) is 2. The quantitative estimate of drug-likeness (QED) is 0.595. The summed E-state index contributed by atoms with van der Waals surface area (Å²) in [6, 6.07) is 0. The molecule has 9 heavy (non-hydrogen) atoms. The van der Waals surface area contributed by atoms with Crippen LogP contribution in [0.5, 0.6) is 0 Å². The van der Waals surface area contributed by atoms with Gasteiger partial charge in [0.25, 0.3) is 0 Å². The molecular formula is C6H18BaO2. The minimum atomic E-state index is -0.167. The van der Waals surface area contributed by atoms with E-state index in [-0.39, 0.29) is 61.1 Å². The summed E-state index contributed by atoms with van der Waals surface area (Å²) in [6.07, 6.45) is -0.333. The first kappa shape index (κ1) is 16.8. The van der Waals surface area contributed by atoms with E-state index < -0.39 is 0 Å².